The normalized spacial score (nSPS) is 10.1. The molecule has 1 aromatic carbocycles. The van der Waals surface area contributed by atoms with Crippen LogP contribution in [0.2, 0.25) is 0 Å². The fourth-order valence-electron chi connectivity index (χ4n) is 2.72. The van der Waals surface area contributed by atoms with Crippen LogP contribution in [0.3, 0.4) is 0 Å². The molecule has 30 heavy (non-hydrogen) atoms. The predicted molar refractivity (Wildman–Crippen MR) is 116 cm³/mol. The highest BCUT2D eigenvalue weighted by Crippen LogP contribution is 2.10. The molecule has 0 N–H and O–H groups in total. The highest BCUT2D eigenvalue weighted by molar-refractivity contribution is 5.95. The second-order valence-corrected chi connectivity index (χ2v) is 6.76. The van der Waals surface area contributed by atoms with E-state index in [4.69, 9.17) is 18.9 Å². The summed E-state index contributed by atoms with van der Waals surface area (Å²) in [4.78, 5) is 24.4. The Morgan fingerprint density at radius 2 is 1.07 bits per heavy atom. The van der Waals surface area contributed by atoms with E-state index < -0.39 is 11.9 Å². The summed E-state index contributed by atoms with van der Waals surface area (Å²) in [7, 11) is 0. The van der Waals surface area contributed by atoms with Crippen molar-refractivity contribution in [3.8, 4) is 0 Å². The van der Waals surface area contributed by atoms with E-state index in [0.29, 0.717) is 37.6 Å². The number of unbranched alkanes of at least 4 members (excludes halogenated alkanes) is 6. The highest BCUT2D eigenvalue weighted by atomic mass is 16.5. The largest absolute Gasteiger partial charge is 0.502 e. The van der Waals surface area contributed by atoms with Crippen molar-refractivity contribution in [2.24, 2.45) is 0 Å². The lowest BCUT2D eigenvalue weighted by Crippen LogP contribution is -2.10. The molecule has 166 valence electrons. The van der Waals surface area contributed by atoms with Gasteiger partial charge in [-0.25, -0.2) is 9.59 Å². The number of carbonyl (C=O) groups excluding carboxylic acids is 2. The Balaban J connectivity index is 2.23. The Bertz CT molecular complexity index is 589. The van der Waals surface area contributed by atoms with E-state index in [-0.39, 0.29) is 0 Å². The van der Waals surface area contributed by atoms with Gasteiger partial charge in [0.2, 0.25) is 0 Å². The van der Waals surface area contributed by atoms with Crippen molar-refractivity contribution in [1.82, 2.24) is 0 Å². The molecule has 0 atom stereocenters. The molecule has 0 spiro atoms. The molecule has 6 nitrogen and oxygen atoms in total. The van der Waals surface area contributed by atoms with Crippen molar-refractivity contribution in [2.75, 3.05) is 26.4 Å². The Morgan fingerprint density at radius 3 is 1.47 bits per heavy atom. The summed E-state index contributed by atoms with van der Waals surface area (Å²) in [5, 5.41) is 0. The molecule has 0 bridgehead atoms. The van der Waals surface area contributed by atoms with E-state index in [1.807, 2.05) is 0 Å². The van der Waals surface area contributed by atoms with Crippen LogP contribution in [-0.2, 0) is 18.9 Å². The maximum absolute atomic E-state index is 12.2. The molecular formula is C24H34O6. The number of carbonyl (C=O) groups is 2. The van der Waals surface area contributed by atoms with Crippen LogP contribution in [0.25, 0.3) is 0 Å². The van der Waals surface area contributed by atoms with Crippen LogP contribution >= 0.6 is 0 Å². The van der Waals surface area contributed by atoms with Crippen LogP contribution in [0.15, 0.2) is 49.9 Å². The second kappa shape index (κ2) is 17.1. The maximum Gasteiger partial charge on any atom is 0.338 e. The van der Waals surface area contributed by atoms with Crippen molar-refractivity contribution in [3.63, 3.8) is 0 Å². The first-order valence-corrected chi connectivity index (χ1v) is 10.6. The Kier molecular flexibility index (Phi) is 14.4. The van der Waals surface area contributed by atoms with Gasteiger partial charge in [-0.2, -0.15) is 0 Å². The summed E-state index contributed by atoms with van der Waals surface area (Å²) in [6, 6.07) is 6.45. The van der Waals surface area contributed by atoms with E-state index in [2.05, 4.69) is 13.2 Å². The molecule has 0 unspecified atom stereocenters. The van der Waals surface area contributed by atoms with Gasteiger partial charge in [-0.05, 0) is 69.6 Å². The molecule has 0 aliphatic rings. The minimum Gasteiger partial charge on any atom is -0.502 e. The highest BCUT2D eigenvalue weighted by Gasteiger charge is 2.12. The smallest absolute Gasteiger partial charge is 0.338 e. The molecule has 0 radical (unpaired) electrons. The zero-order chi connectivity index (χ0) is 21.9. The summed E-state index contributed by atoms with van der Waals surface area (Å²) in [6.07, 6.45) is 10.3. The average molecular weight is 419 g/mol. The molecule has 1 rings (SSSR count). The first kappa shape index (κ1) is 25.3. The summed E-state index contributed by atoms with van der Waals surface area (Å²) >= 11 is 0. The lowest BCUT2D eigenvalue weighted by atomic mass is 10.1. The summed E-state index contributed by atoms with van der Waals surface area (Å²) in [5.41, 5.74) is 0.706. The first-order valence-electron chi connectivity index (χ1n) is 10.6. The number of esters is 2. The van der Waals surface area contributed by atoms with Crippen molar-refractivity contribution in [1.29, 1.82) is 0 Å². The lowest BCUT2D eigenvalue weighted by Gasteiger charge is -2.08. The van der Waals surface area contributed by atoms with Gasteiger partial charge in [0.25, 0.3) is 0 Å². The van der Waals surface area contributed by atoms with Gasteiger partial charge in [0.1, 0.15) is 0 Å². The minimum absolute atomic E-state index is 0.353. The third kappa shape index (κ3) is 11.9. The average Bonchev–Trinajstić information content (AvgIpc) is 2.77. The molecule has 0 saturated heterocycles. The molecule has 0 fully saturated rings. The van der Waals surface area contributed by atoms with Crippen LogP contribution in [0.5, 0.6) is 0 Å². The van der Waals surface area contributed by atoms with E-state index in [1.54, 1.807) is 18.2 Å². The maximum atomic E-state index is 12.2. The van der Waals surface area contributed by atoms with E-state index in [0.717, 1.165) is 51.4 Å². The topological polar surface area (TPSA) is 71.1 Å². The van der Waals surface area contributed by atoms with Gasteiger partial charge in [0.05, 0.1) is 50.1 Å². The molecule has 0 aliphatic heterocycles. The van der Waals surface area contributed by atoms with Gasteiger partial charge >= 0.3 is 11.9 Å². The van der Waals surface area contributed by atoms with Gasteiger partial charge in [-0.3, -0.25) is 0 Å². The van der Waals surface area contributed by atoms with Crippen LogP contribution in [0, 0.1) is 0 Å². The van der Waals surface area contributed by atoms with Gasteiger partial charge in [0.15, 0.2) is 0 Å². The van der Waals surface area contributed by atoms with Gasteiger partial charge in [-0.1, -0.05) is 19.2 Å². The molecule has 0 aromatic heterocycles. The Labute approximate surface area is 179 Å². The van der Waals surface area contributed by atoms with Crippen LogP contribution in [0.4, 0.5) is 0 Å². The van der Waals surface area contributed by atoms with Crippen molar-refractivity contribution in [2.45, 2.75) is 51.4 Å². The summed E-state index contributed by atoms with van der Waals surface area (Å²) in [6.45, 7) is 9.02. The van der Waals surface area contributed by atoms with Crippen LogP contribution in [-0.4, -0.2) is 38.4 Å². The quantitative estimate of drug-likeness (QED) is 0.180. The molecule has 6 heteroatoms. The SMILES string of the molecule is C=COCCCCCCOC(=O)c1cccc(C(=O)OCCCCCCOC=C)c1. The zero-order valence-corrected chi connectivity index (χ0v) is 17.8. The van der Waals surface area contributed by atoms with E-state index >= 15 is 0 Å². The second-order valence-electron chi connectivity index (χ2n) is 6.76. The fraction of sp³-hybridized carbons (Fsp3) is 0.500. The first-order chi connectivity index (χ1) is 14.7. The van der Waals surface area contributed by atoms with Gasteiger partial charge in [-0.15, -0.1) is 0 Å². The number of ether oxygens (including phenoxy) is 4. The fourth-order valence-corrected chi connectivity index (χ4v) is 2.72. The molecule has 1 aromatic rings. The van der Waals surface area contributed by atoms with Crippen molar-refractivity contribution < 1.29 is 28.5 Å². The third-order valence-corrected chi connectivity index (χ3v) is 4.35. The van der Waals surface area contributed by atoms with Gasteiger partial charge in [0, 0.05) is 0 Å². The zero-order valence-electron chi connectivity index (χ0n) is 17.8. The molecule has 0 saturated carbocycles. The monoisotopic (exact) mass is 418 g/mol. The van der Waals surface area contributed by atoms with Crippen LogP contribution < -0.4 is 0 Å². The molecule has 0 aliphatic carbocycles. The number of benzene rings is 1. The lowest BCUT2D eigenvalue weighted by molar-refractivity contribution is 0.0495. The van der Waals surface area contributed by atoms with E-state index in [1.165, 1.54) is 18.6 Å². The molecule has 0 heterocycles. The molecule has 0 amide bonds. The third-order valence-electron chi connectivity index (χ3n) is 4.35. The van der Waals surface area contributed by atoms with Crippen molar-refractivity contribution in [3.05, 3.63) is 61.1 Å². The standard InChI is InChI=1S/C24H34O6/c1-3-27-16-9-5-7-11-18-29-23(25)21-14-13-15-22(20-21)24(26)30-19-12-8-6-10-17-28-4-2/h3-4,13-15,20H,1-2,5-12,16-19H2. The summed E-state index contributed by atoms with van der Waals surface area (Å²) in [5.74, 6) is -0.859. The number of hydrogen-bond donors (Lipinski definition) is 0. The minimum atomic E-state index is -0.429. The van der Waals surface area contributed by atoms with E-state index in [9.17, 15) is 9.59 Å². The molecular weight excluding hydrogens is 384 g/mol. The number of rotatable bonds is 18. The van der Waals surface area contributed by atoms with Crippen molar-refractivity contribution >= 4 is 11.9 Å². The predicted octanol–water partition coefficient (Wildman–Crippen LogP) is 5.44. The Morgan fingerprint density at radius 1 is 0.667 bits per heavy atom. The Hall–Kier alpha value is -2.76. The van der Waals surface area contributed by atoms with Crippen LogP contribution in [0.1, 0.15) is 72.1 Å². The number of hydrogen-bond acceptors (Lipinski definition) is 6. The summed E-state index contributed by atoms with van der Waals surface area (Å²) < 4.78 is 20.7. The van der Waals surface area contributed by atoms with Gasteiger partial charge < -0.3 is 18.9 Å².